The number of anilines is 1. The van der Waals surface area contributed by atoms with Crippen molar-refractivity contribution >= 4 is 33.7 Å². The number of fused-ring (bicyclic) bond motifs is 2. The van der Waals surface area contributed by atoms with Crippen LogP contribution in [0.5, 0.6) is 0 Å². The fourth-order valence-corrected chi connectivity index (χ4v) is 7.19. The topological polar surface area (TPSA) is 133 Å². The van der Waals surface area contributed by atoms with E-state index < -0.39 is 0 Å². The molecule has 0 radical (unpaired) electrons. The quantitative estimate of drug-likeness (QED) is 0.349. The van der Waals surface area contributed by atoms with Gasteiger partial charge in [-0.2, -0.15) is 5.26 Å². The van der Waals surface area contributed by atoms with Crippen LogP contribution < -0.4 is 21.5 Å². The van der Waals surface area contributed by atoms with Gasteiger partial charge in [-0.25, -0.2) is 4.79 Å². The summed E-state index contributed by atoms with van der Waals surface area (Å²) in [7, 11) is 0. The summed E-state index contributed by atoms with van der Waals surface area (Å²) in [6.07, 6.45) is 8.55. The molecule has 4 aromatic rings. The zero-order valence-corrected chi connectivity index (χ0v) is 23.3. The number of nitrogens with one attached hydrogen (secondary N) is 1. The summed E-state index contributed by atoms with van der Waals surface area (Å²) in [4.78, 5) is 42.1. The van der Waals surface area contributed by atoms with E-state index in [-0.39, 0.29) is 30.3 Å². The van der Waals surface area contributed by atoms with E-state index >= 15 is 0 Å². The Morgan fingerprint density at radius 1 is 1.15 bits per heavy atom. The maximum Gasteiger partial charge on any atom is 0.331 e. The summed E-state index contributed by atoms with van der Waals surface area (Å²) < 4.78 is 4.03. The van der Waals surface area contributed by atoms with Gasteiger partial charge in [-0.3, -0.25) is 23.7 Å². The van der Waals surface area contributed by atoms with Gasteiger partial charge < -0.3 is 15.3 Å². The monoisotopic (exact) mass is 570 g/mol. The molecule has 7 rings (SSSR count). The molecule has 0 bridgehead atoms. The Hall–Kier alpha value is -4.27. The van der Waals surface area contributed by atoms with Gasteiger partial charge >= 0.3 is 5.69 Å². The molecular formula is C30H30N6O4S. The summed E-state index contributed by atoms with van der Waals surface area (Å²) >= 11 is 1.57. The van der Waals surface area contributed by atoms with Gasteiger partial charge in [-0.15, -0.1) is 11.3 Å². The minimum atomic E-state index is -0.283. The van der Waals surface area contributed by atoms with Crippen LogP contribution in [0.2, 0.25) is 0 Å². The number of pyridine rings is 1. The van der Waals surface area contributed by atoms with Crippen LogP contribution in [0.25, 0.3) is 21.3 Å². The third-order valence-electron chi connectivity index (χ3n) is 8.03. The lowest BCUT2D eigenvalue weighted by Gasteiger charge is -2.38. The second kappa shape index (κ2) is 11.3. The zero-order valence-electron chi connectivity index (χ0n) is 22.5. The average molecular weight is 571 g/mol. The van der Waals surface area contributed by atoms with Crippen molar-refractivity contribution in [3.63, 3.8) is 0 Å². The van der Waals surface area contributed by atoms with Crippen molar-refractivity contribution in [2.45, 2.75) is 50.7 Å². The number of hydrogen-bond acceptors (Lipinski definition) is 8. The Balaban J connectivity index is 0.000000967. The number of rotatable bonds is 5. The fraction of sp³-hybridized carbons (Fsp3) is 0.367. The maximum absolute atomic E-state index is 13.0. The maximum atomic E-state index is 13.0. The minimum Gasteiger partial charge on any atom is -0.483 e. The van der Waals surface area contributed by atoms with Crippen LogP contribution >= 0.6 is 11.3 Å². The number of aryl methyl sites for hydroxylation is 1. The Kier molecular flexibility index (Phi) is 7.43. The van der Waals surface area contributed by atoms with E-state index in [1.54, 1.807) is 22.1 Å². The van der Waals surface area contributed by atoms with E-state index in [1.807, 2.05) is 24.4 Å². The number of hydrogen-bond donors (Lipinski definition) is 2. The summed E-state index contributed by atoms with van der Waals surface area (Å²) in [6, 6.07) is 12.6. The van der Waals surface area contributed by atoms with Crippen molar-refractivity contribution in [3.05, 3.63) is 79.6 Å². The van der Waals surface area contributed by atoms with Crippen LogP contribution in [0.15, 0.2) is 52.3 Å². The van der Waals surface area contributed by atoms with Gasteiger partial charge in [-0.05, 0) is 68.5 Å². The molecule has 2 aliphatic heterocycles. The van der Waals surface area contributed by atoms with Gasteiger partial charge in [0.15, 0.2) is 0 Å². The standard InChI is InChI=1S/C29H28N6O2S.CH2O2/c30-15-18-12-19-2-1-10-33(21-5-8-31-16-21)27(19)24(13-18)23-6-9-32-25-14-22(38-28(23)25)17-35-26(36)7-11-34(29(35)37)20-3-4-20;2-1-3/h6-7,9,11-14,20-21,31H,1-5,8,10,16-17H2;1H,(H,2,3). The number of carbonyl (C=O) groups is 1. The van der Waals surface area contributed by atoms with Crippen molar-refractivity contribution in [2.24, 2.45) is 0 Å². The molecular weight excluding hydrogens is 540 g/mol. The predicted octanol–water partition coefficient (Wildman–Crippen LogP) is 3.36. The van der Waals surface area contributed by atoms with Crippen LogP contribution in [-0.2, 0) is 17.8 Å². The van der Waals surface area contributed by atoms with Gasteiger partial charge in [-0.1, -0.05) is 0 Å². The molecule has 5 heterocycles. The van der Waals surface area contributed by atoms with E-state index in [0.717, 1.165) is 78.0 Å². The second-order valence-electron chi connectivity index (χ2n) is 10.6. The van der Waals surface area contributed by atoms with Gasteiger partial charge in [0.2, 0.25) is 0 Å². The lowest BCUT2D eigenvalue weighted by molar-refractivity contribution is -0.122. The van der Waals surface area contributed by atoms with Gasteiger partial charge in [0.1, 0.15) is 0 Å². The molecule has 3 aromatic heterocycles. The Labute approximate surface area is 240 Å². The molecule has 1 atom stereocenters. The van der Waals surface area contributed by atoms with Crippen LogP contribution in [0.3, 0.4) is 0 Å². The molecule has 2 fully saturated rings. The van der Waals surface area contributed by atoms with Crippen molar-refractivity contribution in [3.8, 4) is 17.2 Å². The molecule has 1 aromatic carbocycles. The SMILES string of the molecule is N#Cc1cc2c(c(-c3ccnc4cc(Cn5c(=O)ccn(C6CC6)c5=O)sc34)c1)N(C1CCNC1)CCC2.O=CO. The molecule has 210 valence electrons. The number of nitrogens with zero attached hydrogens (tertiary/aromatic N) is 5. The van der Waals surface area contributed by atoms with Gasteiger partial charge in [0.25, 0.3) is 12.0 Å². The Morgan fingerprint density at radius 2 is 1.98 bits per heavy atom. The van der Waals surface area contributed by atoms with Crippen molar-refractivity contribution in [2.75, 3.05) is 24.5 Å². The molecule has 10 nitrogen and oxygen atoms in total. The first-order valence-corrected chi connectivity index (χ1v) is 14.7. The van der Waals surface area contributed by atoms with E-state index in [0.29, 0.717) is 11.6 Å². The van der Waals surface area contributed by atoms with E-state index in [4.69, 9.17) is 9.90 Å². The number of aromatic nitrogens is 3. The number of thiophene rings is 1. The molecule has 1 saturated heterocycles. The van der Waals surface area contributed by atoms with Crippen molar-refractivity contribution in [1.82, 2.24) is 19.4 Å². The van der Waals surface area contributed by atoms with Crippen molar-refractivity contribution < 1.29 is 9.90 Å². The van der Waals surface area contributed by atoms with E-state index in [1.165, 1.54) is 21.9 Å². The highest BCUT2D eigenvalue weighted by Crippen LogP contribution is 2.44. The van der Waals surface area contributed by atoms with Gasteiger partial charge in [0.05, 0.1) is 28.4 Å². The fourth-order valence-electron chi connectivity index (χ4n) is 6.06. The first kappa shape index (κ1) is 26.9. The molecule has 41 heavy (non-hydrogen) atoms. The van der Waals surface area contributed by atoms with E-state index in [2.05, 4.69) is 27.3 Å². The molecule has 1 aliphatic carbocycles. The normalized spacial score (nSPS) is 17.9. The van der Waals surface area contributed by atoms with Crippen molar-refractivity contribution in [1.29, 1.82) is 5.26 Å². The average Bonchev–Trinajstić information content (AvgIpc) is 3.49. The molecule has 3 aliphatic rings. The summed E-state index contributed by atoms with van der Waals surface area (Å²) in [5.41, 5.74) is 5.57. The lowest BCUT2D eigenvalue weighted by atomic mass is 9.90. The lowest BCUT2D eigenvalue weighted by Crippen LogP contribution is -2.40. The molecule has 0 spiro atoms. The highest BCUT2D eigenvalue weighted by atomic mass is 32.1. The highest BCUT2D eigenvalue weighted by Gasteiger charge is 2.30. The molecule has 2 N–H and O–H groups in total. The molecule has 0 amide bonds. The Morgan fingerprint density at radius 3 is 2.71 bits per heavy atom. The third kappa shape index (κ3) is 5.16. The minimum absolute atomic E-state index is 0.210. The molecule has 1 saturated carbocycles. The summed E-state index contributed by atoms with van der Waals surface area (Å²) in [5, 5.41) is 20.2. The first-order chi connectivity index (χ1) is 20.0. The number of benzene rings is 1. The van der Waals surface area contributed by atoms with Crippen LogP contribution in [-0.4, -0.2) is 51.4 Å². The zero-order chi connectivity index (χ0) is 28.5. The molecule has 1 unspecified atom stereocenters. The van der Waals surface area contributed by atoms with Gasteiger partial charge in [0, 0.05) is 65.3 Å². The van der Waals surface area contributed by atoms with E-state index in [9.17, 15) is 14.9 Å². The second-order valence-corrected chi connectivity index (χ2v) is 11.8. The Bertz CT molecular complexity index is 1770. The smallest absolute Gasteiger partial charge is 0.331 e. The third-order valence-corrected chi connectivity index (χ3v) is 9.17. The van der Waals surface area contributed by atoms with Crippen LogP contribution in [0.4, 0.5) is 5.69 Å². The predicted molar refractivity (Wildman–Crippen MR) is 158 cm³/mol. The highest BCUT2D eigenvalue weighted by molar-refractivity contribution is 7.19. The first-order valence-electron chi connectivity index (χ1n) is 13.8. The molecule has 11 heteroatoms. The number of nitriles is 1. The number of carboxylic acid groups (broad SMARTS) is 1. The summed E-state index contributed by atoms with van der Waals surface area (Å²) in [5.74, 6) is 0. The van der Waals surface area contributed by atoms with Crippen LogP contribution in [0.1, 0.15) is 47.7 Å². The summed E-state index contributed by atoms with van der Waals surface area (Å²) in [6.45, 7) is 2.98. The van der Waals surface area contributed by atoms with Crippen LogP contribution in [0, 0.1) is 11.3 Å². The largest absolute Gasteiger partial charge is 0.483 e.